The highest BCUT2D eigenvalue weighted by Crippen LogP contribution is 2.26. The van der Waals surface area contributed by atoms with Gasteiger partial charge in [-0.3, -0.25) is 9.78 Å². The average Bonchev–Trinajstić information content (AvgIpc) is 2.98. The fourth-order valence-corrected chi connectivity index (χ4v) is 2.94. The zero-order chi connectivity index (χ0) is 16.7. The van der Waals surface area contributed by atoms with Gasteiger partial charge in [0.1, 0.15) is 0 Å². The summed E-state index contributed by atoms with van der Waals surface area (Å²) in [5.41, 5.74) is 0.957. The number of amides is 1. The molecule has 0 aliphatic rings. The van der Waals surface area contributed by atoms with Gasteiger partial charge in [0.15, 0.2) is 11.0 Å². The molecule has 1 atom stereocenters. The summed E-state index contributed by atoms with van der Waals surface area (Å²) in [7, 11) is 1.61. The molecule has 0 aliphatic carbocycles. The molecule has 1 amide bonds. The summed E-state index contributed by atoms with van der Waals surface area (Å²) in [5.74, 6) is 0.743. The molecule has 23 heavy (non-hydrogen) atoms. The van der Waals surface area contributed by atoms with Crippen LogP contribution >= 0.6 is 11.8 Å². The van der Waals surface area contributed by atoms with Crippen LogP contribution in [0, 0.1) is 0 Å². The van der Waals surface area contributed by atoms with Gasteiger partial charge in [0.05, 0.1) is 11.9 Å². The molecule has 2 heterocycles. The summed E-state index contributed by atoms with van der Waals surface area (Å²) < 4.78 is 6.92. The Kier molecular flexibility index (Phi) is 6.54. The number of carbonyl (C=O) groups excluding carboxylic acids is 1. The van der Waals surface area contributed by atoms with Gasteiger partial charge in [-0.05, 0) is 26.0 Å². The summed E-state index contributed by atoms with van der Waals surface area (Å²) >= 11 is 1.40. The maximum absolute atomic E-state index is 12.0. The van der Waals surface area contributed by atoms with Crippen LogP contribution in [0.1, 0.15) is 13.8 Å². The van der Waals surface area contributed by atoms with E-state index in [9.17, 15) is 4.79 Å². The van der Waals surface area contributed by atoms with Gasteiger partial charge in [0, 0.05) is 38.2 Å². The highest BCUT2D eigenvalue weighted by atomic mass is 32.2. The van der Waals surface area contributed by atoms with E-state index < -0.39 is 0 Å². The summed E-state index contributed by atoms with van der Waals surface area (Å²) in [4.78, 5) is 16.1. The lowest BCUT2D eigenvalue weighted by Crippen LogP contribution is -2.33. The van der Waals surface area contributed by atoms with Crippen molar-refractivity contribution in [1.82, 2.24) is 25.1 Å². The summed E-state index contributed by atoms with van der Waals surface area (Å²) in [6.07, 6.45) is 3.45. The number of nitrogens with zero attached hydrogens (tertiary/aromatic N) is 4. The van der Waals surface area contributed by atoms with Crippen LogP contribution in [-0.4, -0.2) is 51.2 Å². The van der Waals surface area contributed by atoms with E-state index in [2.05, 4.69) is 20.5 Å². The van der Waals surface area contributed by atoms with Crippen molar-refractivity contribution in [2.24, 2.45) is 0 Å². The minimum absolute atomic E-state index is 0.0387. The lowest BCUT2D eigenvalue weighted by molar-refractivity contribution is -0.120. The van der Waals surface area contributed by atoms with E-state index in [1.807, 2.05) is 30.5 Å². The second-order valence-corrected chi connectivity index (χ2v) is 6.14. The van der Waals surface area contributed by atoms with Crippen molar-refractivity contribution in [3.8, 4) is 11.4 Å². The van der Waals surface area contributed by atoms with E-state index in [0.29, 0.717) is 13.2 Å². The molecule has 0 aliphatic heterocycles. The normalized spacial score (nSPS) is 12.1. The smallest absolute Gasteiger partial charge is 0.233 e. The minimum Gasteiger partial charge on any atom is -0.383 e. The molecule has 8 heteroatoms. The first-order valence-electron chi connectivity index (χ1n) is 7.44. The van der Waals surface area contributed by atoms with Gasteiger partial charge in [-0.15, -0.1) is 10.2 Å². The van der Waals surface area contributed by atoms with E-state index in [1.54, 1.807) is 19.5 Å². The number of hydrogen-bond donors (Lipinski definition) is 1. The topological polar surface area (TPSA) is 81.9 Å². The van der Waals surface area contributed by atoms with Crippen LogP contribution in [0.2, 0.25) is 0 Å². The number of carbonyl (C=O) groups is 1. The second kappa shape index (κ2) is 8.64. The Morgan fingerprint density at radius 3 is 2.78 bits per heavy atom. The Labute approximate surface area is 139 Å². The van der Waals surface area contributed by atoms with Gasteiger partial charge in [-0.2, -0.15) is 0 Å². The van der Waals surface area contributed by atoms with Crippen LogP contribution in [0.15, 0.2) is 29.7 Å². The SMILES string of the molecule is CCn1c(S[C@H](C)C(=O)NCCOC)nnc1-c1ccncc1. The number of ether oxygens (including phenoxy) is 1. The van der Waals surface area contributed by atoms with Gasteiger partial charge in [0.25, 0.3) is 0 Å². The third-order valence-electron chi connectivity index (χ3n) is 3.23. The van der Waals surface area contributed by atoms with Crippen molar-refractivity contribution in [1.29, 1.82) is 0 Å². The molecule has 0 unspecified atom stereocenters. The predicted octanol–water partition coefficient (Wildman–Crippen LogP) is 1.60. The number of pyridine rings is 1. The molecule has 0 radical (unpaired) electrons. The number of thioether (sulfide) groups is 1. The van der Waals surface area contributed by atoms with Gasteiger partial charge in [-0.1, -0.05) is 11.8 Å². The van der Waals surface area contributed by atoms with Crippen molar-refractivity contribution < 1.29 is 9.53 Å². The van der Waals surface area contributed by atoms with Gasteiger partial charge >= 0.3 is 0 Å². The first kappa shape index (κ1) is 17.4. The van der Waals surface area contributed by atoms with Crippen LogP contribution in [0.5, 0.6) is 0 Å². The lowest BCUT2D eigenvalue weighted by Gasteiger charge is -2.12. The minimum atomic E-state index is -0.258. The number of rotatable bonds is 8. The molecular formula is C15H21N5O2S. The van der Waals surface area contributed by atoms with E-state index in [1.165, 1.54) is 11.8 Å². The van der Waals surface area contributed by atoms with Gasteiger partial charge in [-0.25, -0.2) is 0 Å². The Hall–Kier alpha value is -1.93. The maximum Gasteiger partial charge on any atom is 0.233 e. The fraction of sp³-hybridized carbons (Fsp3) is 0.467. The first-order valence-corrected chi connectivity index (χ1v) is 8.32. The van der Waals surface area contributed by atoms with E-state index >= 15 is 0 Å². The van der Waals surface area contributed by atoms with Crippen LogP contribution in [-0.2, 0) is 16.1 Å². The van der Waals surface area contributed by atoms with Crippen molar-refractivity contribution in [3.05, 3.63) is 24.5 Å². The van der Waals surface area contributed by atoms with E-state index in [0.717, 1.165) is 23.1 Å². The standard InChI is InChI=1S/C15H21N5O2S/c1-4-20-13(12-5-7-16-8-6-12)18-19-15(20)23-11(2)14(21)17-9-10-22-3/h5-8,11H,4,9-10H2,1-3H3,(H,17,21)/t11-/m1/s1. The molecule has 0 aromatic carbocycles. The van der Waals surface area contributed by atoms with E-state index in [-0.39, 0.29) is 11.2 Å². The second-order valence-electron chi connectivity index (χ2n) is 4.83. The van der Waals surface area contributed by atoms with Crippen LogP contribution in [0.4, 0.5) is 0 Å². The maximum atomic E-state index is 12.0. The monoisotopic (exact) mass is 335 g/mol. The Morgan fingerprint density at radius 2 is 2.13 bits per heavy atom. The molecule has 2 rings (SSSR count). The van der Waals surface area contributed by atoms with Crippen molar-refractivity contribution in [3.63, 3.8) is 0 Å². The van der Waals surface area contributed by atoms with Crippen LogP contribution < -0.4 is 5.32 Å². The highest BCUT2D eigenvalue weighted by Gasteiger charge is 2.19. The molecule has 0 saturated heterocycles. The molecule has 7 nitrogen and oxygen atoms in total. The summed E-state index contributed by atoms with van der Waals surface area (Å²) in [6.45, 7) is 5.61. The Bertz CT molecular complexity index is 632. The molecular weight excluding hydrogens is 314 g/mol. The zero-order valence-corrected chi connectivity index (χ0v) is 14.3. The fourth-order valence-electron chi connectivity index (χ4n) is 2.01. The zero-order valence-electron chi connectivity index (χ0n) is 13.5. The number of methoxy groups -OCH3 is 1. The van der Waals surface area contributed by atoms with Crippen LogP contribution in [0.25, 0.3) is 11.4 Å². The average molecular weight is 335 g/mol. The quantitative estimate of drug-likeness (QED) is 0.583. The molecule has 1 N–H and O–H groups in total. The molecule has 0 bridgehead atoms. The Morgan fingerprint density at radius 1 is 1.39 bits per heavy atom. The Balaban J connectivity index is 2.09. The lowest BCUT2D eigenvalue weighted by atomic mass is 10.2. The predicted molar refractivity (Wildman–Crippen MR) is 89.1 cm³/mol. The molecule has 0 fully saturated rings. The first-order chi connectivity index (χ1) is 11.2. The van der Waals surface area contributed by atoms with Crippen molar-refractivity contribution in [2.45, 2.75) is 30.8 Å². The van der Waals surface area contributed by atoms with Gasteiger partial charge in [0.2, 0.25) is 5.91 Å². The molecule has 0 saturated carbocycles. The third kappa shape index (κ3) is 4.52. The summed E-state index contributed by atoms with van der Waals surface area (Å²) in [5, 5.41) is 11.8. The van der Waals surface area contributed by atoms with Gasteiger partial charge < -0.3 is 14.6 Å². The van der Waals surface area contributed by atoms with Crippen molar-refractivity contribution >= 4 is 17.7 Å². The summed E-state index contributed by atoms with van der Waals surface area (Å²) in [6, 6.07) is 3.79. The van der Waals surface area contributed by atoms with Crippen LogP contribution in [0.3, 0.4) is 0 Å². The number of hydrogen-bond acceptors (Lipinski definition) is 6. The highest BCUT2D eigenvalue weighted by molar-refractivity contribution is 8.00. The molecule has 2 aromatic heterocycles. The number of aromatic nitrogens is 4. The van der Waals surface area contributed by atoms with Crippen molar-refractivity contribution in [2.75, 3.05) is 20.3 Å². The van der Waals surface area contributed by atoms with E-state index in [4.69, 9.17) is 4.74 Å². The molecule has 0 spiro atoms. The molecule has 124 valence electrons. The number of nitrogens with one attached hydrogen (secondary N) is 1. The third-order valence-corrected chi connectivity index (χ3v) is 4.31. The largest absolute Gasteiger partial charge is 0.383 e. The molecule has 2 aromatic rings.